The van der Waals surface area contributed by atoms with E-state index in [9.17, 15) is 0 Å². The average Bonchev–Trinajstić information content (AvgIpc) is 2.17. The fourth-order valence-corrected chi connectivity index (χ4v) is 1.40. The van der Waals surface area contributed by atoms with Crippen LogP contribution in [0, 0.1) is 0 Å². The fourth-order valence-electron chi connectivity index (χ4n) is 1.28. The lowest BCUT2D eigenvalue weighted by Gasteiger charge is -2.24. The van der Waals surface area contributed by atoms with Crippen LogP contribution >= 0.6 is 15.9 Å². The monoisotopic (exact) mass is 270 g/mol. The summed E-state index contributed by atoms with van der Waals surface area (Å²) in [4.78, 5) is 0. The Bertz CT molecular complexity index is 318. The molecule has 0 unspecified atom stereocenters. The third kappa shape index (κ3) is 3.86. The van der Waals surface area contributed by atoms with E-state index in [2.05, 4.69) is 61.8 Å². The van der Waals surface area contributed by atoms with Crippen LogP contribution in [0.25, 0.3) is 0 Å². The van der Waals surface area contributed by atoms with Crippen LogP contribution in [-0.4, -0.2) is 10.9 Å². The molecule has 0 bridgehead atoms. The van der Waals surface area contributed by atoms with Gasteiger partial charge in [-0.1, -0.05) is 41.9 Å². The summed E-state index contributed by atoms with van der Waals surface area (Å²) >= 11 is 3.45. The molecule has 0 aliphatic carbocycles. The Labute approximate surface area is 101 Å². The van der Waals surface area contributed by atoms with Crippen LogP contribution in [0.2, 0.25) is 0 Å². The normalized spacial score (nSPS) is 11.9. The molecule has 1 rings (SSSR count). The topological polar surface area (TPSA) is 9.23 Å². The number of alkyl halides is 1. The summed E-state index contributed by atoms with van der Waals surface area (Å²) in [6.45, 7) is 8.52. The molecule has 15 heavy (non-hydrogen) atoms. The molecule has 0 heterocycles. The molecule has 84 valence electrons. The maximum absolute atomic E-state index is 5.89. The van der Waals surface area contributed by atoms with Gasteiger partial charge in [0.15, 0.2) is 0 Å². The molecule has 1 nitrogen and oxygen atoms in total. The lowest BCUT2D eigenvalue weighted by Crippen LogP contribution is -2.29. The maximum Gasteiger partial charge on any atom is 0.120 e. The Kier molecular flexibility index (Phi) is 4.21. The Balaban J connectivity index is 2.82. The number of rotatable bonds is 4. The van der Waals surface area contributed by atoms with Crippen molar-refractivity contribution in [2.75, 3.05) is 5.33 Å². The Morgan fingerprint density at radius 2 is 2.00 bits per heavy atom. The van der Waals surface area contributed by atoms with E-state index in [4.69, 9.17) is 4.74 Å². The number of benzene rings is 1. The van der Waals surface area contributed by atoms with Crippen molar-refractivity contribution in [3.8, 4) is 5.75 Å². The third-order valence-electron chi connectivity index (χ3n) is 2.24. The first-order chi connectivity index (χ1) is 6.94. The standard InChI is InChI=1S/C13H19BrO/c1-10(2)11-6-5-7-12(8-11)15-13(3,4)9-14/h5-8,10H,9H2,1-4H3. The van der Waals surface area contributed by atoms with Gasteiger partial charge in [-0.2, -0.15) is 0 Å². The molecule has 0 atom stereocenters. The first kappa shape index (κ1) is 12.6. The number of hydrogen-bond acceptors (Lipinski definition) is 1. The van der Waals surface area contributed by atoms with Gasteiger partial charge in [-0.3, -0.25) is 0 Å². The van der Waals surface area contributed by atoms with Gasteiger partial charge < -0.3 is 4.74 Å². The highest BCUT2D eigenvalue weighted by molar-refractivity contribution is 9.09. The number of hydrogen-bond donors (Lipinski definition) is 0. The second-order valence-electron chi connectivity index (χ2n) is 4.72. The molecule has 1 aromatic rings. The van der Waals surface area contributed by atoms with Gasteiger partial charge >= 0.3 is 0 Å². The molecule has 0 saturated heterocycles. The summed E-state index contributed by atoms with van der Waals surface area (Å²) in [6.07, 6.45) is 0. The van der Waals surface area contributed by atoms with Crippen molar-refractivity contribution in [1.82, 2.24) is 0 Å². The molecular formula is C13H19BrO. The summed E-state index contributed by atoms with van der Waals surface area (Å²) in [6, 6.07) is 8.32. The average molecular weight is 271 g/mol. The highest BCUT2D eigenvalue weighted by Gasteiger charge is 2.17. The molecule has 0 aliphatic heterocycles. The van der Waals surface area contributed by atoms with Gasteiger partial charge in [0.1, 0.15) is 11.4 Å². The summed E-state index contributed by atoms with van der Waals surface area (Å²) in [5.41, 5.74) is 1.16. The Morgan fingerprint density at radius 1 is 1.33 bits per heavy atom. The van der Waals surface area contributed by atoms with Gasteiger partial charge in [0.2, 0.25) is 0 Å². The summed E-state index contributed by atoms with van der Waals surface area (Å²) in [5.74, 6) is 1.49. The smallest absolute Gasteiger partial charge is 0.120 e. The van der Waals surface area contributed by atoms with Crippen molar-refractivity contribution in [1.29, 1.82) is 0 Å². The van der Waals surface area contributed by atoms with Gasteiger partial charge in [0.05, 0.1) is 0 Å². The van der Waals surface area contributed by atoms with E-state index in [-0.39, 0.29) is 5.60 Å². The van der Waals surface area contributed by atoms with E-state index < -0.39 is 0 Å². The number of ether oxygens (including phenoxy) is 1. The molecule has 2 heteroatoms. The lowest BCUT2D eigenvalue weighted by atomic mass is 10.0. The van der Waals surface area contributed by atoms with Crippen LogP contribution in [0.5, 0.6) is 5.75 Å². The van der Waals surface area contributed by atoms with Gasteiger partial charge in [-0.25, -0.2) is 0 Å². The van der Waals surface area contributed by atoms with Crippen molar-refractivity contribution < 1.29 is 4.74 Å². The zero-order chi connectivity index (χ0) is 11.5. The first-order valence-electron chi connectivity index (χ1n) is 5.29. The van der Waals surface area contributed by atoms with Gasteiger partial charge in [0, 0.05) is 5.33 Å². The van der Waals surface area contributed by atoms with Crippen LogP contribution < -0.4 is 4.74 Å². The zero-order valence-corrected chi connectivity index (χ0v) is 11.5. The molecule has 1 aromatic carbocycles. The predicted molar refractivity (Wildman–Crippen MR) is 69.0 cm³/mol. The maximum atomic E-state index is 5.89. The molecular weight excluding hydrogens is 252 g/mol. The summed E-state index contributed by atoms with van der Waals surface area (Å²) in [5, 5.41) is 0.825. The van der Waals surface area contributed by atoms with Crippen molar-refractivity contribution in [2.45, 2.75) is 39.2 Å². The first-order valence-corrected chi connectivity index (χ1v) is 6.42. The highest BCUT2D eigenvalue weighted by Crippen LogP contribution is 2.24. The second kappa shape index (κ2) is 5.02. The quantitative estimate of drug-likeness (QED) is 0.739. The van der Waals surface area contributed by atoms with E-state index in [1.54, 1.807) is 0 Å². The lowest BCUT2D eigenvalue weighted by molar-refractivity contribution is 0.137. The van der Waals surface area contributed by atoms with Crippen molar-refractivity contribution in [3.63, 3.8) is 0 Å². The van der Waals surface area contributed by atoms with Crippen LogP contribution in [0.1, 0.15) is 39.2 Å². The molecule has 0 radical (unpaired) electrons. The minimum absolute atomic E-state index is 0.157. The molecule has 0 spiro atoms. The van der Waals surface area contributed by atoms with Crippen molar-refractivity contribution >= 4 is 15.9 Å². The largest absolute Gasteiger partial charge is 0.487 e. The highest BCUT2D eigenvalue weighted by atomic mass is 79.9. The Hall–Kier alpha value is -0.500. The van der Waals surface area contributed by atoms with Gasteiger partial charge in [0.25, 0.3) is 0 Å². The van der Waals surface area contributed by atoms with E-state index in [0.29, 0.717) is 5.92 Å². The minimum Gasteiger partial charge on any atom is -0.487 e. The molecule has 0 N–H and O–H groups in total. The van der Waals surface area contributed by atoms with E-state index in [1.165, 1.54) is 5.56 Å². The zero-order valence-electron chi connectivity index (χ0n) is 9.88. The van der Waals surface area contributed by atoms with E-state index in [1.807, 2.05) is 6.07 Å². The molecule has 0 fully saturated rings. The SMILES string of the molecule is CC(C)c1cccc(OC(C)(C)CBr)c1. The van der Waals surface area contributed by atoms with E-state index in [0.717, 1.165) is 11.1 Å². The van der Waals surface area contributed by atoms with Gasteiger partial charge in [-0.15, -0.1) is 0 Å². The molecule has 0 aromatic heterocycles. The van der Waals surface area contributed by atoms with Gasteiger partial charge in [-0.05, 0) is 37.5 Å². The van der Waals surface area contributed by atoms with Crippen molar-refractivity contribution in [2.24, 2.45) is 0 Å². The summed E-state index contributed by atoms with van der Waals surface area (Å²) < 4.78 is 5.89. The van der Waals surface area contributed by atoms with Crippen LogP contribution in [0.3, 0.4) is 0 Å². The molecule has 0 aliphatic rings. The molecule has 0 saturated carbocycles. The van der Waals surface area contributed by atoms with Crippen LogP contribution in [-0.2, 0) is 0 Å². The summed E-state index contributed by atoms with van der Waals surface area (Å²) in [7, 11) is 0. The predicted octanol–water partition coefficient (Wildman–Crippen LogP) is 4.36. The third-order valence-corrected chi connectivity index (χ3v) is 3.59. The Morgan fingerprint density at radius 3 is 2.53 bits per heavy atom. The van der Waals surface area contributed by atoms with Crippen molar-refractivity contribution in [3.05, 3.63) is 29.8 Å². The van der Waals surface area contributed by atoms with Crippen LogP contribution in [0.15, 0.2) is 24.3 Å². The minimum atomic E-state index is -0.157. The second-order valence-corrected chi connectivity index (χ2v) is 5.28. The van der Waals surface area contributed by atoms with E-state index >= 15 is 0 Å². The van der Waals surface area contributed by atoms with Crippen LogP contribution in [0.4, 0.5) is 0 Å². The molecule has 0 amide bonds. The number of halogens is 1. The fraction of sp³-hybridized carbons (Fsp3) is 0.538.